The van der Waals surface area contributed by atoms with Crippen LogP contribution in [0.15, 0.2) is 47.2 Å². The highest BCUT2D eigenvalue weighted by atomic mass is 16.5. The summed E-state index contributed by atoms with van der Waals surface area (Å²) < 4.78 is 6.93. The lowest BCUT2D eigenvalue weighted by atomic mass is 10.2. The molecule has 0 aliphatic carbocycles. The third-order valence-electron chi connectivity index (χ3n) is 3.56. The maximum atomic E-state index is 12.1. The molecule has 124 valence electrons. The molecule has 4 aromatic rings. The standard InChI is InChI=1S/C16H13N7O2/c1-10-19-16(25-22-10)11-5-7-23-13(8-11)20-21-14(23)9-18-15(24)12-4-2-3-6-17-12/h2-8H,9H2,1H3,(H,18,24). The Bertz CT molecular complexity index is 1040. The summed E-state index contributed by atoms with van der Waals surface area (Å²) in [6, 6.07) is 8.79. The second-order valence-electron chi connectivity index (χ2n) is 5.30. The van der Waals surface area contributed by atoms with E-state index < -0.39 is 0 Å². The summed E-state index contributed by atoms with van der Waals surface area (Å²) >= 11 is 0. The fraction of sp³-hybridized carbons (Fsp3) is 0.125. The van der Waals surface area contributed by atoms with Crippen molar-refractivity contribution in [3.05, 3.63) is 60.1 Å². The highest BCUT2D eigenvalue weighted by Crippen LogP contribution is 2.18. The van der Waals surface area contributed by atoms with E-state index in [2.05, 4.69) is 30.6 Å². The molecule has 0 saturated heterocycles. The van der Waals surface area contributed by atoms with Gasteiger partial charge in [-0.25, -0.2) is 0 Å². The molecule has 0 unspecified atom stereocenters. The van der Waals surface area contributed by atoms with Crippen LogP contribution in [0, 0.1) is 6.92 Å². The van der Waals surface area contributed by atoms with Crippen molar-refractivity contribution in [2.45, 2.75) is 13.5 Å². The lowest BCUT2D eigenvalue weighted by molar-refractivity contribution is 0.0945. The summed E-state index contributed by atoms with van der Waals surface area (Å²) in [5, 5.41) is 14.8. The van der Waals surface area contributed by atoms with Crippen LogP contribution in [0.5, 0.6) is 0 Å². The zero-order chi connectivity index (χ0) is 17.2. The van der Waals surface area contributed by atoms with E-state index in [9.17, 15) is 4.79 Å². The van der Waals surface area contributed by atoms with E-state index in [1.54, 1.807) is 48.0 Å². The summed E-state index contributed by atoms with van der Waals surface area (Å²) in [6.45, 7) is 1.99. The third-order valence-corrected chi connectivity index (χ3v) is 3.56. The molecule has 0 radical (unpaired) electrons. The van der Waals surface area contributed by atoms with Crippen molar-refractivity contribution in [3.63, 3.8) is 0 Å². The van der Waals surface area contributed by atoms with E-state index in [0.29, 0.717) is 28.9 Å². The number of nitrogens with zero attached hydrogens (tertiary/aromatic N) is 6. The Labute approximate surface area is 141 Å². The van der Waals surface area contributed by atoms with Crippen molar-refractivity contribution < 1.29 is 9.32 Å². The van der Waals surface area contributed by atoms with E-state index >= 15 is 0 Å². The number of aromatic nitrogens is 6. The van der Waals surface area contributed by atoms with Crippen LogP contribution in [0.4, 0.5) is 0 Å². The number of aryl methyl sites for hydroxylation is 1. The number of carbonyl (C=O) groups is 1. The Morgan fingerprint density at radius 3 is 2.96 bits per heavy atom. The molecule has 0 atom stereocenters. The van der Waals surface area contributed by atoms with Crippen LogP contribution in [0.1, 0.15) is 22.1 Å². The Balaban J connectivity index is 1.54. The minimum Gasteiger partial charge on any atom is -0.343 e. The van der Waals surface area contributed by atoms with E-state index in [1.165, 1.54) is 0 Å². The van der Waals surface area contributed by atoms with Crippen LogP contribution in [0.3, 0.4) is 0 Å². The maximum absolute atomic E-state index is 12.1. The van der Waals surface area contributed by atoms with Crippen LogP contribution in [0.25, 0.3) is 17.1 Å². The first-order chi connectivity index (χ1) is 12.2. The van der Waals surface area contributed by atoms with Gasteiger partial charge in [0, 0.05) is 18.0 Å². The fourth-order valence-corrected chi connectivity index (χ4v) is 2.36. The molecule has 4 rings (SSSR count). The largest absolute Gasteiger partial charge is 0.343 e. The molecule has 25 heavy (non-hydrogen) atoms. The molecule has 0 spiro atoms. The fourth-order valence-electron chi connectivity index (χ4n) is 2.36. The molecule has 4 aromatic heterocycles. The third kappa shape index (κ3) is 2.94. The minimum atomic E-state index is -0.268. The topological polar surface area (TPSA) is 111 Å². The second kappa shape index (κ2) is 6.11. The number of nitrogens with one attached hydrogen (secondary N) is 1. The summed E-state index contributed by atoms with van der Waals surface area (Å²) in [6.07, 6.45) is 3.37. The normalized spacial score (nSPS) is 10.9. The van der Waals surface area contributed by atoms with Crippen LogP contribution in [0.2, 0.25) is 0 Å². The van der Waals surface area contributed by atoms with Crippen molar-refractivity contribution in [3.8, 4) is 11.5 Å². The van der Waals surface area contributed by atoms with Crippen molar-refractivity contribution in [1.82, 2.24) is 35.0 Å². The lowest BCUT2D eigenvalue weighted by Gasteiger charge is -2.03. The van der Waals surface area contributed by atoms with Crippen LogP contribution in [-0.2, 0) is 6.54 Å². The lowest BCUT2D eigenvalue weighted by Crippen LogP contribution is -2.24. The van der Waals surface area contributed by atoms with Gasteiger partial charge in [0.05, 0.1) is 6.54 Å². The van der Waals surface area contributed by atoms with Gasteiger partial charge in [-0.3, -0.25) is 14.2 Å². The summed E-state index contributed by atoms with van der Waals surface area (Å²) in [4.78, 5) is 20.3. The number of rotatable bonds is 4. The van der Waals surface area contributed by atoms with Gasteiger partial charge in [-0.15, -0.1) is 10.2 Å². The predicted octanol–water partition coefficient (Wildman–Crippen LogP) is 1.41. The minimum absolute atomic E-state index is 0.232. The second-order valence-corrected chi connectivity index (χ2v) is 5.30. The molecule has 1 N–H and O–H groups in total. The molecule has 0 fully saturated rings. The Kier molecular flexibility index (Phi) is 3.65. The quantitative estimate of drug-likeness (QED) is 0.600. The molecule has 0 saturated carbocycles. The monoisotopic (exact) mass is 335 g/mol. The van der Waals surface area contributed by atoms with E-state index in [4.69, 9.17) is 4.52 Å². The van der Waals surface area contributed by atoms with E-state index in [0.717, 1.165) is 5.56 Å². The number of hydrogen-bond acceptors (Lipinski definition) is 7. The molecular weight excluding hydrogens is 322 g/mol. The predicted molar refractivity (Wildman–Crippen MR) is 86.4 cm³/mol. The molecule has 4 heterocycles. The average molecular weight is 335 g/mol. The van der Waals surface area contributed by atoms with Gasteiger partial charge in [0.25, 0.3) is 11.8 Å². The van der Waals surface area contributed by atoms with Gasteiger partial charge in [0.15, 0.2) is 17.3 Å². The highest BCUT2D eigenvalue weighted by molar-refractivity contribution is 5.92. The van der Waals surface area contributed by atoms with Gasteiger partial charge < -0.3 is 9.84 Å². The maximum Gasteiger partial charge on any atom is 0.270 e. The van der Waals surface area contributed by atoms with Gasteiger partial charge in [-0.2, -0.15) is 4.98 Å². The highest BCUT2D eigenvalue weighted by Gasteiger charge is 2.12. The van der Waals surface area contributed by atoms with E-state index in [-0.39, 0.29) is 12.5 Å². The number of fused-ring (bicyclic) bond motifs is 1. The Hall–Kier alpha value is -3.62. The van der Waals surface area contributed by atoms with Gasteiger partial charge in [-0.05, 0) is 31.2 Å². The first kappa shape index (κ1) is 14.9. The van der Waals surface area contributed by atoms with E-state index in [1.807, 2.05) is 6.07 Å². The first-order valence-electron chi connectivity index (χ1n) is 7.54. The Morgan fingerprint density at radius 1 is 1.28 bits per heavy atom. The van der Waals surface area contributed by atoms with Crippen LogP contribution < -0.4 is 5.32 Å². The summed E-state index contributed by atoms with van der Waals surface area (Å²) in [7, 11) is 0. The van der Waals surface area contributed by atoms with Gasteiger partial charge >= 0.3 is 0 Å². The smallest absolute Gasteiger partial charge is 0.270 e. The zero-order valence-corrected chi connectivity index (χ0v) is 13.2. The van der Waals surface area contributed by atoms with Crippen LogP contribution in [-0.4, -0.2) is 35.6 Å². The molecular formula is C16H13N7O2. The SMILES string of the molecule is Cc1noc(-c2ccn3c(CNC(=O)c4ccccn4)nnc3c2)n1. The van der Waals surface area contributed by atoms with Crippen LogP contribution >= 0.6 is 0 Å². The number of pyridine rings is 2. The number of amides is 1. The number of hydrogen-bond donors (Lipinski definition) is 1. The molecule has 0 aromatic carbocycles. The van der Waals surface area contributed by atoms with Crippen molar-refractivity contribution >= 4 is 11.6 Å². The van der Waals surface area contributed by atoms with Gasteiger partial charge in [-0.1, -0.05) is 11.2 Å². The zero-order valence-electron chi connectivity index (χ0n) is 13.2. The molecule has 9 nitrogen and oxygen atoms in total. The average Bonchev–Trinajstić information content (AvgIpc) is 3.26. The molecule has 0 bridgehead atoms. The van der Waals surface area contributed by atoms with Gasteiger partial charge in [0.1, 0.15) is 5.69 Å². The molecule has 1 amide bonds. The first-order valence-corrected chi connectivity index (χ1v) is 7.54. The molecule has 0 aliphatic rings. The van der Waals surface area contributed by atoms with Crippen molar-refractivity contribution in [1.29, 1.82) is 0 Å². The van der Waals surface area contributed by atoms with Crippen molar-refractivity contribution in [2.75, 3.05) is 0 Å². The molecule has 9 heteroatoms. The molecule has 0 aliphatic heterocycles. The summed E-state index contributed by atoms with van der Waals surface area (Å²) in [5.74, 6) is 1.32. The Morgan fingerprint density at radius 2 is 2.20 bits per heavy atom. The summed E-state index contributed by atoms with van der Waals surface area (Å²) in [5.41, 5.74) is 1.73. The number of carbonyl (C=O) groups excluding carboxylic acids is 1. The van der Waals surface area contributed by atoms with Crippen molar-refractivity contribution in [2.24, 2.45) is 0 Å². The van der Waals surface area contributed by atoms with Gasteiger partial charge in [0.2, 0.25) is 0 Å².